The minimum absolute atomic E-state index is 0.438. The van der Waals surface area contributed by atoms with E-state index in [4.69, 9.17) is 4.74 Å². The molecule has 0 spiro atoms. The molecule has 5 nitrogen and oxygen atoms in total. The van der Waals surface area contributed by atoms with Crippen molar-refractivity contribution in [2.45, 2.75) is 20.0 Å². The van der Waals surface area contributed by atoms with Crippen LogP contribution in [-0.2, 0) is 4.79 Å². The van der Waals surface area contributed by atoms with Gasteiger partial charge in [0.15, 0.2) is 0 Å². The molecule has 120 valence electrons. The lowest BCUT2D eigenvalue weighted by atomic mass is 10.1. The zero-order chi connectivity index (χ0) is 16.7. The summed E-state index contributed by atoms with van der Waals surface area (Å²) in [4.78, 5) is 24.0. The number of imide groups is 1. The molecule has 0 unspecified atom stereocenters. The molecule has 23 heavy (non-hydrogen) atoms. The maximum absolute atomic E-state index is 12.4. The molecule has 0 saturated carbocycles. The molecule has 0 bridgehead atoms. The summed E-state index contributed by atoms with van der Waals surface area (Å²) in [6, 6.07) is 16.0. The van der Waals surface area contributed by atoms with Crippen LogP contribution in [0.25, 0.3) is 0 Å². The van der Waals surface area contributed by atoms with E-state index in [1.54, 1.807) is 25.1 Å². The Morgan fingerprint density at radius 1 is 1.09 bits per heavy atom. The molecule has 2 rings (SSSR count). The van der Waals surface area contributed by atoms with E-state index < -0.39 is 18.0 Å². The Morgan fingerprint density at radius 3 is 2.48 bits per heavy atom. The van der Waals surface area contributed by atoms with Gasteiger partial charge in [0, 0.05) is 12.1 Å². The number of nitrogens with one attached hydrogen (secondary N) is 2. The lowest BCUT2D eigenvalue weighted by Crippen LogP contribution is -2.42. The van der Waals surface area contributed by atoms with Crippen LogP contribution < -0.4 is 15.4 Å². The fourth-order valence-electron chi connectivity index (χ4n) is 2.11. The van der Waals surface area contributed by atoms with Gasteiger partial charge in [0.1, 0.15) is 5.75 Å². The molecule has 0 heterocycles. The molecular formula is C18H20N2O3. The van der Waals surface area contributed by atoms with Crippen molar-refractivity contribution in [2.75, 3.05) is 6.54 Å². The van der Waals surface area contributed by atoms with Crippen LogP contribution >= 0.6 is 0 Å². The van der Waals surface area contributed by atoms with Gasteiger partial charge < -0.3 is 10.1 Å². The number of benzene rings is 2. The SMILES string of the molecule is CCNC(=O)NC(=O)[C@@H](Oc1cccc(C)c1)c1ccccc1. The van der Waals surface area contributed by atoms with E-state index in [0.29, 0.717) is 17.9 Å². The molecule has 2 N–H and O–H groups in total. The molecule has 0 saturated heterocycles. The maximum atomic E-state index is 12.4. The van der Waals surface area contributed by atoms with E-state index in [0.717, 1.165) is 5.56 Å². The van der Waals surface area contributed by atoms with Crippen LogP contribution in [0.3, 0.4) is 0 Å². The van der Waals surface area contributed by atoms with Crippen molar-refractivity contribution in [3.05, 3.63) is 65.7 Å². The van der Waals surface area contributed by atoms with Crippen LogP contribution in [0.1, 0.15) is 24.2 Å². The highest BCUT2D eigenvalue weighted by molar-refractivity contribution is 5.97. The van der Waals surface area contributed by atoms with Crippen molar-refractivity contribution >= 4 is 11.9 Å². The summed E-state index contributed by atoms with van der Waals surface area (Å²) in [7, 11) is 0. The van der Waals surface area contributed by atoms with Gasteiger partial charge >= 0.3 is 6.03 Å². The lowest BCUT2D eigenvalue weighted by molar-refractivity contribution is -0.127. The molecule has 3 amide bonds. The summed E-state index contributed by atoms with van der Waals surface area (Å²) >= 11 is 0. The predicted octanol–water partition coefficient (Wildman–Crippen LogP) is 2.96. The maximum Gasteiger partial charge on any atom is 0.321 e. The van der Waals surface area contributed by atoms with Crippen molar-refractivity contribution in [2.24, 2.45) is 0 Å². The van der Waals surface area contributed by atoms with Crippen LogP contribution in [0, 0.1) is 6.92 Å². The van der Waals surface area contributed by atoms with E-state index in [-0.39, 0.29) is 0 Å². The van der Waals surface area contributed by atoms with Gasteiger partial charge in [0.05, 0.1) is 0 Å². The first-order chi connectivity index (χ1) is 11.1. The van der Waals surface area contributed by atoms with Gasteiger partial charge in [-0.05, 0) is 31.5 Å². The summed E-state index contributed by atoms with van der Waals surface area (Å²) in [5, 5.41) is 4.83. The van der Waals surface area contributed by atoms with Crippen molar-refractivity contribution in [1.82, 2.24) is 10.6 Å². The summed E-state index contributed by atoms with van der Waals surface area (Å²) in [6.07, 6.45) is -0.902. The van der Waals surface area contributed by atoms with E-state index in [2.05, 4.69) is 10.6 Å². The van der Waals surface area contributed by atoms with E-state index in [1.165, 1.54) is 0 Å². The molecule has 0 aliphatic carbocycles. The van der Waals surface area contributed by atoms with Gasteiger partial charge in [-0.3, -0.25) is 10.1 Å². The van der Waals surface area contributed by atoms with Gasteiger partial charge in [-0.1, -0.05) is 42.5 Å². The van der Waals surface area contributed by atoms with Crippen LogP contribution in [0.4, 0.5) is 4.79 Å². The van der Waals surface area contributed by atoms with Crippen LogP contribution in [0.15, 0.2) is 54.6 Å². The lowest BCUT2D eigenvalue weighted by Gasteiger charge is -2.19. The third kappa shape index (κ3) is 4.85. The minimum atomic E-state index is -0.902. The quantitative estimate of drug-likeness (QED) is 0.892. The Hall–Kier alpha value is -2.82. The number of carbonyl (C=O) groups excluding carboxylic acids is 2. The van der Waals surface area contributed by atoms with Gasteiger partial charge in [-0.2, -0.15) is 0 Å². The molecule has 2 aromatic carbocycles. The third-order valence-corrected chi connectivity index (χ3v) is 3.16. The third-order valence-electron chi connectivity index (χ3n) is 3.16. The highest BCUT2D eigenvalue weighted by atomic mass is 16.5. The molecule has 5 heteroatoms. The van der Waals surface area contributed by atoms with Crippen LogP contribution in [-0.4, -0.2) is 18.5 Å². The van der Waals surface area contributed by atoms with Gasteiger partial charge in [0.25, 0.3) is 5.91 Å². The zero-order valence-electron chi connectivity index (χ0n) is 13.2. The number of aryl methyl sites for hydroxylation is 1. The number of hydrogen-bond donors (Lipinski definition) is 2. The van der Waals surface area contributed by atoms with Crippen molar-refractivity contribution < 1.29 is 14.3 Å². The molecule has 0 fully saturated rings. The average Bonchev–Trinajstić information content (AvgIpc) is 2.53. The normalized spacial score (nSPS) is 11.4. The Bertz CT molecular complexity index is 671. The number of hydrogen-bond acceptors (Lipinski definition) is 3. The summed E-state index contributed by atoms with van der Waals surface area (Å²) in [6.45, 7) is 4.16. The van der Waals surface area contributed by atoms with E-state index in [9.17, 15) is 9.59 Å². The van der Waals surface area contributed by atoms with Crippen LogP contribution in [0.2, 0.25) is 0 Å². The zero-order valence-corrected chi connectivity index (χ0v) is 13.2. The average molecular weight is 312 g/mol. The second-order valence-electron chi connectivity index (χ2n) is 5.07. The van der Waals surface area contributed by atoms with Gasteiger partial charge in [0.2, 0.25) is 6.10 Å². The highest BCUT2D eigenvalue weighted by Crippen LogP contribution is 2.23. The first-order valence-electron chi connectivity index (χ1n) is 7.47. The van der Waals surface area contributed by atoms with Crippen molar-refractivity contribution in [3.8, 4) is 5.75 Å². The Balaban J connectivity index is 2.22. The number of amides is 3. The topological polar surface area (TPSA) is 67.4 Å². The smallest absolute Gasteiger partial charge is 0.321 e. The Labute approximate surface area is 135 Å². The molecule has 0 aliphatic rings. The number of rotatable bonds is 5. The number of ether oxygens (including phenoxy) is 1. The monoisotopic (exact) mass is 312 g/mol. The van der Waals surface area contributed by atoms with E-state index >= 15 is 0 Å². The second kappa shape index (κ2) is 7.98. The fourth-order valence-corrected chi connectivity index (χ4v) is 2.11. The molecule has 0 aliphatic heterocycles. The molecule has 1 atom stereocenters. The molecule has 2 aromatic rings. The van der Waals surface area contributed by atoms with Gasteiger partial charge in [-0.15, -0.1) is 0 Å². The standard InChI is InChI=1S/C18H20N2O3/c1-3-19-18(22)20-17(21)16(14-9-5-4-6-10-14)23-15-11-7-8-13(2)12-15/h4-12,16H,3H2,1-2H3,(H2,19,20,21,22)/t16-/m0/s1. The summed E-state index contributed by atoms with van der Waals surface area (Å²) in [5.41, 5.74) is 1.70. The number of urea groups is 1. The van der Waals surface area contributed by atoms with Crippen LogP contribution in [0.5, 0.6) is 5.75 Å². The fraction of sp³-hybridized carbons (Fsp3) is 0.222. The van der Waals surface area contributed by atoms with E-state index in [1.807, 2.05) is 43.3 Å². The number of carbonyl (C=O) groups is 2. The summed E-state index contributed by atoms with van der Waals surface area (Å²) < 4.78 is 5.83. The Morgan fingerprint density at radius 2 is 1.83 bits per heavy atom. The molecular weight excluding hydrogens is 292 g/mol. The first kappa shape index (κ1) is 16.5. The second-order valence-corrected chi connectivity index (χ2v) is 5.07. The highest BCUT2D eigenvalue weighted by Gasteiger charge is 2.24. The predicted molar refractivity (Wildman–Crippen MR) is 88.2 cm³/mol. The largest absolute Gasteiger partial charge is 0.476 e. The minimum Gasteiger partial charge on any atom is -0.476 e. The summed E-state index contributed by atoms with van der Waals surface area (Å²) in [5.74, 6) is 0.0635. The first-order valence-corrected chi connectivity index (χ1v) is 7.47. The molecule has 0 aromatic heterocycles. The molecule has 0 radical (unpaired) electrons. The van der Waals surface area contributed by atoms with Crippen molar-refractivity contribution in [3.63, 3.8) is 0 Å². The Kier molecular flexibility index (Phi) is 5.74. The van der Waals surface area contributed by atoms with Gasteiger partial charge in [-0.25, -0.2) is 4.79 Å². The van der Waals surface area contributed by atoms with Crippen molar-refractivity contribution in [1.29, 1.82) is 0 Å².